The van der Waals surface area contributed by atoms with Gasteiger partial charge in [0.25, 0.3) is 0 Å². The molecule has 1 aliphatic heterocycles. The molecule has 2 aliphatic rings. The van der Waals surface area contributed by atoms with Gasteiger partial charge in [-0.3, -0.25) is 0 Å². The second kappa shape index (κ2) is 6.07. The Morgan fingerprint density at radius 1 is 1.22 bits per heavy atom. The third-order valence-corrected chi connectivity index (χ3v) is 3.81. The van der Waals surface area contributed by atoms with Crippen LogP contribution in [0.25, 0.3) is 0 Å². The molecule has 1 aliphatic carbocycles. The first kappa shape index (κ1) is 13.2. The molecule has 1 saturated carbocycles. The number of urea groups is 1. The lowest BCUT2D eigenvalue weighted by Gasteiger charge is -2.32. The average molecular weight is 254 g/mol. The maximum Gasteiger partial charge on any atom is 0.326 e. The summed E-state index contributed by atoms with van der Waals surface area (Å²) in [7, 11) is 0. The Bertz CT molecular complexity index is 315. The molecule has 0 aromatic rings. The van der Waals surface area contributed by atoms with Gasteiger partial charge in [-0.15, -0.1) is 0 Å². The minimum atomic E-state index is -0.886. The third kappa shape index (κ3) is 3.62. The first-order chi connectivity index (χ1) is 8.68. The van der Waals surface area contributed by atoms with Gasteiger partial charge in [0.15, 0.2) is 0 Å². The van der Waals surface area contributed by atoms with Gasteiger partial charge in [-0.1, -0.05) is 12.8 Å². The fraction of sp³-hybridized carbons (Fsp3) is 0.846. The van der Waals surface area contributed by atoms with E-state index < -0.39 is 12.0 Å². The molecular weight excluding hydrogens is 232 g/mol. The SMILES string of the molecule is O=C(O)C1CCCCN1C(=O)NCCCC1CC1. The van der Waals surface area contributed by atoms with Crippen molar-refractivity contribution in [1.29, 1.82) is 0 Å². The largest absolute Gasteiger partial charge is 0.480 e. The van der Waals surface area contributed by atoms with E-state index in [4.69, 9.17) is 5.11 Å². The third-order valence-electron chi connectivity index (χ3n) is 3.81. The first-order valence-electron chi connectivity index (χ1n) is 6.96. The molecule has 0 aromatic heterocycles. The molecule has 2 rings (SSSR count). The Kier molecular flexibility index (Phi) is 4.44. The Labute approximate surface area is 108 Å². The fourth-order valence-electron chi connectivity index (χ4n) is 2.53. The molecule has 1 saturated heterocycles. The number of hydrogen-bond donors (Lipinski definition) is 2. The number of carbonyl (C=O) groups is 2. The zero-order valence-electron chi connectivity index (χ0n) is 10.7. The van der Waals surface area contributed by atoms with Crippen molar-refractivity contribution in [3.63, 3.8) is 0 Å². The van der Waals surface area contributed by atoms with Crippen LogP contribution in [0.15, 0.2) is 0 Å². The smallest absolute Gasteiger partial charge is 0.326 e. The van der Waals surface area contributed by atoms with Crippen LogP contribution in [0.4, 0.5) is 4.79 Å². The number of aliphatic carboxylic acids is 1. The highest BCUT2D eigenvalue weighted by molar-refractivity contribution is 5.82. The number of hydrogen-bond acceptors (Lipinski definition) is 2. The van der Waals surface area contributed by atoms with Gasteiger partial charge in [0.05, 0.1) is 0 Å². The van der Waals surface area contributed by atoms with Crippen molar-refractivity contribution in [2.24, 2.45) is 5.92 Å². The molecule has 5 nitrogen and oxygen atoms in total. The standard InChI is InChI=1S/C13H22N2O3/c16-12(17)11-5-1-2-9-15(11)13(18)14-8-3-4-10-6-7-10/h10-11H,1-9H2,(H,14,18)(H,16,17). The van der Waals surface area contributed by atoms with E-state index in [1.54, 1.807) is 0 Å². The number of amides is 2. The van der Waals surface area contributed by atoms with Crippen LogP contribution in [0.3, 0.4) is 0 Å². The number of rotatable bonds is 5. The van der Waals surface area contributed by atoms with Crippen molar-refractivity contribution in [2.75, 3.05) is 13.1 Å². The minimum absolute atomic E-state index is 0.210. The topological polar surface area (TPSA) is 69.6 Å². The van der Waals surface area contributed by atoms with Gasteiger partial charge in [-0.25, -0.2) is 9.59 Å². The van der Waals surface area contributed by atoms with Gasteiger partial charge in [-0.05, 0) is 38.0 Å². The van der Waals surface area contributed by atoms with Crippen molar-refractivity contribution >= 4 is 12.0 Å². The van der Waals surface area contributed by atoms with Crippen molar-refractivity contribution in [2.45, 2.75) is 51.0 Å². The van der Waals surface area contributed by atoms with Gasteiger partial charge < -0.3 is 15.3 Å². The summed E-state index contributed by atoms with van der Waals surface area (Å²) in [6.07, 6.45) is 7.22. The number of piperidine rings is 1. The Morgan fingerprint density at radius 2 is 2.00 bits per heavy atom. The van der Waals surface area contributed by atoms with Crippen LogP contribution >= 0.6 is 0 Å². The number of carboxylic acid groups (broad SMARTS) is 1. The molecule has 2 fully saturated rings. The molecular formula is C13H22N2O3. The monoisotopic (exact) mass is 254 g/mol. The van der Waals surface area contributed by atoms with Crippen LogP contribution in [-0.4, -0.2) is 41.1 Å². The molecule has 0 bridgehead atoms. The summed E-state index contributed by atoms with van der Waals surface area (Å²) in [5.41, 5.74) is 0. The maximum atomic E-state index is 11.9. The summed E-state index contributed by atoms with van der Waals surface area (Å²) in [6.45, 7) is 1.23. The quantitative estimate of drug-likeness (QED) is 0.735. The van der Waals surface area contributed by atoms with Crippen molar-refractivity contribution < 1.29 is 14.7 Å². The molecule has 1 atom stereocenters. The average Bonchev–Trinajstić information content (AvgIpc) is 3.18. The lowest BCUT2D eigenvalue weighted by molar-refractivity contribution is -0.143. The van der Waals surface area contributed by atoms with Gasteiger partial charge in [0.1, 0.15) is 6.04 Å². The van der Waals surface area contributed by atoms with E-state index in [-0.39, 0.29) is 6.03 Å². The van der Waals surface area contributed by atoms with E-state index in [2.05, 4.69) is 5.32 Å². The van der Waals surface area contributed by atoms with E-state index in [0.29, 0.717) is 19.5 Å². The molecule has 18 heavy (non-hydrogen) atoms. The Hall–Kier alpha value is -1.26. The van der Waals surface area contributed by atoms with E-state index in [1.165, 1.54) is 24.2 Å². The zero-order chi connectivity index (χ0) is 13.0. The van der Waals surface area contributed by atoms with Crippen molar-refractivity contribution in [1.82, 2.24) is 10.2 Å². The maximum absolute atomic E-state index is 11.9. The lowest BCUT2D eigenvalue weighted by Crippen LogP contribution is -2.52. The number of nitrogens with zero attached hydrogens (tertiary/aromatic N) is 1. The van der Waals surface area contributed by atoms with Crippen LogP contribution in [0.5, 0.6) is 0 Å². The number of carbonyl (C=O) groups excluding carboxylic acids is 1. The summed E-state index contributed by atoms with van der Waals surface area (Å²) >= 11 is 0. The molecule has 0 spiro atoms. The molecule has 2 amide bonds. The molecule has 102 valence electrons. The molecule has 1 unspecified atom stereocenters. The van der Waals surface area contributed by atoms with E-state index in [1.807, 2.05) is 0 Å². The second-order valence-electron chi connectivity index (χ2n) is 5.36. The van der Waals surface area contributed by atoms with Crippen LogP contribution in [0, 0.1) is 5.92 Å². The normalized spacial score (nSPS) is 23.8. The zero-order valence-corrected chi connectivity index (χ0v) is 10.7. The summed E-state index contributed by atoms with van der Waals surface area (Å²) in [6, 6.07) is -0.847. The van der Waals surface area contributed by atoms with Crippen LogP contribution in [0.2, 0.25) is 0 Å². The Morgan fingerprint density at radius 3 is 2.67 bits per heavy atom. The van der Waals surface area contributed by atoms with Gasteiger partial charge in [0.2, 0.25) is 0 Å². The first-order valence-corrected chi connectivity index (χ1v) is 6.96. The van der Waals surface area contributed by atoms with E-state index >= 15 is 0 Å². The summed E-state index contributed by atoms with van der Waals surface area (Å²) < 4.78 is 0. The van der Waals surface area contributed by atoms with Crippen molar-refractivity contribution in [3.05, 3.63) is 0 Å². The molecule has 1 heterocycles. The highest BCUT2D eigenvalue weighted by atomic mass is 16.4. The van der Waals surface area contributed by atoms with Crippen LogP contribution in [0.1, 0.15) is 44.9 Å². The molecule has 0 radical (unpaired) electrons. The van der Waals surface area contributed by atoms with E-state index in [0.717, 1.165) is 25.2 Å². The second-order valence-corrected chi connectivity index (χ2v) is 5.36. The van der Waals surface area contributed by atoms with Crippen LogP contribution in [-0.2, 0) is 4.79 Å². The summed E-state index contributed by atoms with van der Waals surface area (Å²) in [5.74, 6) is -0.00788. The Balaban J connectivity index is 1.72. The predicted molar refractivity (Wildman–Crippen MR) is 67.3 cm³/mol. The molecule has 5 heteroatoms. The summed E-state index contributed by atoms with van der Waals surface area (Å²) in [4.78, 5) is 24.5. The molecule has 2 N–H and O–H groups in total. The van der Waals surface area contributed by atoms with Gasteiger partial charge in [0, 0.05) is 13.1 Å². The summed E-state index contributed by atoms with van der Waals surface area (Å²) in [5, 5.41) is 11.9. The number of likely N-dealkylation sites (tertiary alicyclic amines) is 1. The predicted octanol–water partition coefficient (Wildman–Crippen LogP) is 1.83. The minimum Gasteiger partial charge on any atom is -0.480 e. The van der Waals surface area contributed by atoms with Gasteiger partial charge in [-0.2, -0.15) is 0 Å². The van der Waals surface area contributed by atoms with E-state index in [9.17, 15) is 9.59 Å². The number of nitrogens with one attached hydrogen (secondary N) is 1. The molecule has 0 aromatic carbocycles. The van der Waals surface area contributed by atoms with Gasteiger partial charge >= 0.3 is 12.0 Å². The van der Waals surface area contributed by atoms with Crippen molar-refractivity contribution in [3.8, 4) is 0 Å². The highest BCUT2D eigenvalue weighted by Crippen LogP contribution is 2.33. The number of carboxylic acids is 1. The highest BCUT2D eigenvalue weighted by Gasteiger charge is 2.31. The fourth-order valence-corrected chi connectivity index (χ4v) is 2.53. The lowest BCUT2D eigenvalue weighted by atomic mass is 10.0. The van der Waals surface area contributed by atoms with Crippen LogP contribution < -0.4 is 5.32 Å².